The van der Waals surface area contributed by atoms with E-state index in [9.17, 15) is 14.4 Å². The molecule has 7 nitrogen and oxygen atoms in total. The van der Waals surface area contributed by atoms with Gasteiger partial charge in [0.25, 0.3) is 0 Å². The fraction of sp³-hybridized carbons (Fsp3) is 0.786. The maximum atomic E-state index is 12.6. The summed E-state index contributed by atoms with van der Waals surface area (Å²) in [6.45, 7) is 9.64. The zero-order valence-electron chi connectivity index (χ0n) is 13.5. The molecule has 0 unspecified atom stereocenters. The first-order chi connectivity index (χ1) is 9.45. The number of amides is 3. The van der Waals surface area contributed by atoms with Crippen molar-refractivity contribution in [3.8, 4) is 0 Å². The third kappa shape index (κ3) is 7.53. The molecule has 0 heterocycles. The number of nitrogens with two attached hydrogens (primary N) is 1. The van der Waals surface area contributed by atoms with Crippen molar-refractivity contribution in [3.05, 3.63) is 0 Å². The first-order valence-corrected chi connectivity index (χ1v) is 7.01. The van der Waals surface area contributed by atoms with Gasteiger partial charge in [0, 0.05) is 18.6 Å². The number of hydrogen-bond donors (Lipinski definition) is 2. The quantitative estimate of drug-likeness (QED) is 0.735. The molecule has 3 amide bonds. The number of rotatable bonds is 7. The molecule has 0 bridgehead atoms. The van der Waals surface area contributed by atoms with Crippen molar-refractivity contribution in [1.29, 1.82) is 0 Å². The Kier molecular flexibility index (Phi) is 7.18. The lowest BCUT2D eigenvalue weighted by molar-refractivity contribution is -0.137. The summed E-state index contributed by atoms with van der Waals surface area (Å²) in [5.74, 6) is -1.38. The molecule has 0 aliphatic carbocycles. The van der Waals surface area contributed by atoms with E-state index in [1.807, 2.05) is 34.6 Å². The van der Waals surface area contributed by atoms with Gasteiger partial charge in [0.05, 0.1) is 6.42 Å². The molecular weight excluding hydrogens is 274 g/mol. The second-order valence-corrected chi connectivity index (χ2v) is 6.49. The minimum atomic E-state index is -0.970. The number of primary amides is 1. The highest BCUT2D eigenvalue weighted by Crippen LogP contribution is 2.17. The van der Waals surface area contributed by atoms with E-state index in [2.05, 4.69) is 0 Å². The molecule has 3 N–H and O–H groups in total. The van der Waals surface area contributed by atoms with Gasteiger partial charge >= 0.3 is 12.0 Å². The van der Waals surface area contributed by atoms with Gasteiger partial charge in [-0.1, -0.05) is 13.8 Å². The predicted octanol–water partition coefficient (Wildman–Crippen LogP) is 1.12. The zero-order valence-corrected chi connectivity index (χ0v) is 13.5. The van der Waals surface area contributed by atoms with Gasteiger partial charge in [0.1, 0.15) is 6.54 Å². The zero-order chi connectivity index (χ0) is 16.8. The van der Waals surface area contributed by atoms with E-state index in [4.69, 9.17) is 10.8 Å². The standard InChI is InChI=1S/C14H27N3O4/c1-10(2)8-16(9-11(15)18)13(21)17(14(3,4)5)7-6-12(19)20/h10H,6-9H2,1-5H3,(H2,15,18)(H,19,20). The van der Waals surface area contributed by atoms with E-state index in [-0.39, 0.29) is 31.5 Å². The number of hydrogen-bond acceptors (Lipinski definition) is 3. The van der Waals surface area contributed by atoms with E-state index in [0.717, 1.165) is 0 Å². The number of carbonyl (C=O) groups is 3. The van der Waals surface area contributed by atoms with Crippen LogP contribution in [0.1, 0.15) is 41.0 Å². The minimum Gasteiger partial charge on any atom is -0.481 e. The van der Waals surface area contributed by atoms with Crippen LogP contribution in [0.2, 0.25) is 0 Å². The number of carboxylic acid groups (broad SMARTS) is 1. The van der Waals surface area contributed by atoms with Crippen LogP contribution >= 0.6 is 0 Å². The summed E-state index contributed by atoms with van der Waals surface area (Å²) in [4.78, 5) is 37.4. The largest absolute Gasteiger partial charge is 0.481 e. The first kappa shape index (κ1) is 19.2. The van der Waals surface area contributed by atoms with Crippen LogP contribution < -0.4 is 5.73 Å². The first-order valence-electron chi connectivity index (χ1n) is 7.01. The maximum absolute atomic E-state index is 12.6. The third-order valence-corrected chi connectivity index (χ3v) is 2.79. The van der Waals surface area contributed by atoms with Crippen LogP contribution in [0.3, 0.4) is 0 Å². The Bertz CT molecular complexity index is 388. The van der Waals surface area contributed by atoms with E-state index >= 15 is 0 Å². The molecule has 0 fully saturated rings. The van der Waals surface area contributed by atoms with Crippen LogP contribution in [0.15, 0.2) is 0 Å². The van der Waals surface area contributed by atoms with Gasteiger partial charge in [-0.25, -0.2) is 4.79 Å². The number of urea groups is 1. The second-order valence-electron chi connectivity index (χ2n) is 6.49. The van der Waals surface area contributed by atoms with Crippen molar-refractivity contribution >= 4 is 17.9 Å². The SMILES string of the molecule is CC(C)CN(CC(N)=O)C(=O)N(CCC(=O)O)C(C)(C)C. The van der Waals surface area contributed by atoms with Crippen molar-refractivity contribution in [2.75, 3.05) is 19.6 Å². The fourth-order valence-electron chi connectivity index (χ4n) is 1.94. The molecule has 21 heavy (non-hydrogen) atoms. The molecule has 0 aromatic carbocycles. The summed E-state index contributed by atoms with van der Waals surface area (Å²) in [7, 11) is 0. The molecule has 0 aliphatic heterocycles. The molecule has 0 saturated heterocycles. The van der Waals surface area contributed by atoms with Crippen LogP contribution in [0.4, 0.5) is 4.79 Å². The van der Waals surface area contributed by atoms with Gasteiger partial charge in [-0.15, -0.1) is 0 Å². The van der Waals surface area contributed by atoms with Crippen molar-refractivity contribution in [2.45, 2.75) is 46.6 Å². The lowest BCUT2D eigenvalue weighted by Crippen LogP contribution is -2.54. The number of nitrogens with zero attached hydrogens (tertiary/aromatic N) is 2. The third-order valence-electron chi connectivity index (χ3n) is 2.79. The molecule has 0 saturated carbocycles. The Morgan fingerprint density at radius 1 is 1.19 bits per heavy atom. The summed E-state index contributed by atoms with van der Waals surface area (Å²) in [5, 5.41) is 8.81. The van der Waals surface area contributed by atoms with Crippen LogP contribution in [0, 0.1) is 5.92 Å². The molecule has 0 spiro atoms. The van der Waals surface area contributed by atoms with Gasteiger partial charge in [-0.05, 0) is 26.7 Å². The van der Waals surface area contributed by atoms with Crippen LogP contribution in [0.25, 0.3) is 0 Å². The van der Waals surface area contributed by atoms with Gasteiger partial charge < -0.3 is 20.6 Å². The van der Waals surface area contributed by atoms with E-state index in [1.165, 1.54) is 9.80 Å². The van der Waals surface area contributed by atoms with E-state index < -0.39 is 17.4 Å². The van der Waals surface area contributed by atoms with Crippen molar-refractivity contribution in [1.82, 2.24) is 9.80 Å². The Morgan fingerprint density at radius 3 is 2.05 bits per heavy atom. The topological polar surface area (TPSA) is 104 Å². The van der Waals surface area contributed by atoms with Crippen molar-refractivity contribution in [3.63, 3.8) is 0 Å². The average molecular weight is 301 g/mol. The van der Waals surface area contributed by atoms with E-state index in [1.54, 1.807) is 0 Å². The Balaban J connectivity index is 5.17. The molecule has 0 rings (SSSR count). The highest BCUT2D eigenvalue weighted by molar-refractivity contribution is 5.83. The summed E-state index contributed by atoms with van der Waals surface area (Å²) in [6, 6.07) is -0.365. The molecule has 7 heteroatoms. The summed E-state index contributed by atoms with van der Waals surface area (Å²) >= 11 is 0. The smallest absolute Gasteiger partial charge is 0.320 e. The van der Waals surface area contributed by atoms with Crippen molar-refractivity contribution in [2.24, 2.45) is 11.7 Å². The van der Waals surface area contributed by atoms with Gasteiger partial charge in [-0.3, -0.25) is 9.59 Å². The number of aliphatic carboxylic acids is 1. The summed E-state index contributed by atoms with van der Waals surface area (Å²) in [6.07, 6.45) is -0.144. The highest BCUT2D eigenvalue weighted by Gasteiger charge is 2.31. The monoisotopic (exact) mass is 301 g/mol. The van der Waals surface area contributed by atoms with Crippen LogP contribution in [-0.4, -0.2) is 58.0 Å². The van der Waals surface area contributed by atoms with Crippen molar-refractivity contribution < 1.29 is 19.5 Å². The predicted molar refractivity (Wildman–Crippen MR) is 79.7 cm³/mol. The minimum absolute atomic E-state index is 0.0883. The van der Waals surface area contributed by atoms with Crippen LogP contribution in [-0.2, 0) is 9.59 Å². The Labute approximate surface area is 126 Å². The molecule has 0 aromatic heterocycles. The second kappa shape index (κ2) is 7.85. The van der Waals surface area contributed by atoms with Gasteiger partial charge in [0.15, 0.2) is 0 Å². The van der Waals surface area contributed by atoms with Crippen LogP contribution in [0.5, 0.6) is 0 Å². The lowest BCUT2D eigenvalue weighted by atomic mass is 10.1. The average Bonchev–Trinajstić information content (AvgIpc) is 2.24. The number of carboxylic acids is 1. The summed E-state index contributed by atoms with van der Waals surface area (Å²) < 4.78 is 0. The summed E-state index contributed by atoms with van der Waals surface area (Å²) in [5.41, 5.74) is 4.65. The molecule has 0 atom stereocenters. The fourth-order valence-corrected chi connectivity index (χ4v) is 1.94. The Morgan fingerprint density at radius 2 is 1.71 bits per heavy atom. The maximum Gasteiger partial charge on any atom is 0.320 e. The van der Waals surface area contributed by atoms with Gasteiger partial charge in [0.2, 0.25) is 5.91 Å². The van der Waals surface area contributed by atoms with E-state index in [0.29, 0.717) is 6.54 Å². The molecule has 0 aliphatic rings. The Hall–Kier alpha value is -1.79. The number of carbonyl (C=O) groups excluding carboxylic acids is 2. The highest BCUT2D eigenvalue weighted by atomic mass is 16.4. The normalized spacial score (nSPS) is 11.3. The molecule has 0 aromatic rings. The lowest BCUT2D eigenvalue weighted by Gasteiger charge is -2.39. The molecule has 0 radical (unpaired) electrons. The molecular formula is C14H27N3O4. The molecule has 122 valence electrons. The van der Waals surface area contributed by atoms with Gasteiger partial charge in [-0.2, -0.15) is 0 Å².